The Labute approximate surface area is 107 Å². The summed E-state index contributed by atoms with van der Waals surface area (Å²) in [6.07, 6.45) is 3.75. The Morgan fingerprint density at radius 2 is 1.89 bits per heavy atom. The minimum Gasteiger partial charge on any atom is -0.392 e. The molecule has 0 radical (unpaired) electrons. The molecule has 0 spiro atoms. The van der Waals surface area contributed by atoms with Crippen molar-refractivity contribution >= 4 is 0 Å². The van der Waals surface area contributed by atoms with Gasteiger partial charge >= 0.3 is 0 Å². The van der Waals surface area contributed by atoms with E-state index in [9.17, 15) is 0 Å². The largest absolute Gasteiger partial charge is 0.392 e. The molecule has 0 bridgehead atoms. The normalized spacial score (nSPS) is 10.8. The minimum absolute atomic E-state index is 0.101. The fraction of sp³-hybridized carbons (Fsp3) is 0.357. The molecule has 0 saturated heterocycles. The monoisotopic (exact) mass is 245 g/mol. The molecule has 2 N–H and O–H groups in total. The Kier molecular flexibility index (Phi) is 4.50. The van der Waals surface area contributed by atoms with Gasteiger partial charge in [0.15, 0.2) is 0 Å². The number of aryl methyl sites for hydroxylation is 1. The molecule has 0 amide bonds. The molecular weight excluding hydrogens is 226 g/mol. The molecule has 18 heavy (non-hydrogen) atoms. The van der Waals surface area contributed by atoms with Crippen LogP contribution in [0.2, 0.25) is 0 Å². The number of rotatable bonds is 6. The lowest BCUT2D eigenvalue weighted by molar-refractivity contribution is 0.282. The minimum atomic E-state index is 0.101. The van der Waals surface area contributed by atoms with Gasteiger partial charge in [0.25, 0.3) is 0 Å². The second kappa shape index (κ2) is 6.33. The Bertz CT molecular complexity index is 476. The predicted octanol–water partition coefficient (Wildman–Crippen LogP) is 1.69. The summed E-state index contributed by atoms with van der Waals surface area (Å²) in [5, 5.41) is 12.4. The van der Waals surface area contributed by atoms with Crippen molar-refractivity contribution in [1.29, 1.82) is 0 Å². The van der Waals surface area contributed by atoms with Gasteiger partial charge in [-0.05, 0) is 18.1 Å². The number of aliphatic hydroxyl groups is 1. The summed E-state index contributed by atoms with van der Waals surface area (Å²) in [7, 11) is 0. The molecule has 2 rings (SSSR count). The van der Waals surface area contributed by atoms with Crippen LogP contribution in [0.4, 0.5) is 0 Å². The maximum absolute atomic E-state index is 8.96. The van der Waals surface area contributed by atoms with Gasteiger partial charge in [0.05, 0.1) is 18.6 Å². The zero-order valence-electron chi connectivity index (χ0n) is 10.6. The maximum atomic E-state index is 8.96. The summed E-state index contributed by atoms with van der Waals surface area (Å²) in [4.78, 5) is 4.14. The van der Waals surface area contributed by atoms with Crippen LogP contribution in [-0.2, 0) is 26.2 Å². The van der Waals surface area contributed by atoms with E-state index >= 15 is 0 Å². The third-order valence-electron chi connectivity index (χ3n) is 2.98. The summed E-state index contributed by atoms with van der Waals surface area (Å²) >= 11 is 0. The predicted molar refractivity (Wildman–Crippen MR) is 70.8 cm³/mol. The van der Waals surface area contributed by atoms with Gasteiger partial charge in [0.2, 0.25) is 0 Å². The van der Waals surface area contributed by atoms with E-state index in [2.05, 4.69) is 21.8 Å². The van der Waals surface area contributed by atoms with Crippen molar-refractivity contribution in [3.63, 3.8) is 0 Å². The lowest BCUT2D eigenvalue weighted by atomic mass is 10.1. The summed E-state index contributed by atoms with van der Waals surface area (Å²) in [5.74, 6) is 0. The molecule has 4 nitrogen and oxygen atoms in total. The van der Waals surface area contributed by atoms with Gasteiger partial charge in [0, 0.05) is 25.8 Å². The van der Waals surface area contributed by atoms with Crippen LogP contribution in [0.15, 0.2) is 36.8 Å². The topological polar surface area (TPSA) is 50.1 Å². The molecule has 96 valence electrons. The van der Waals surface area contributed by atoms with Crippen LogP contribution >= 0.6 is 0 Å². The Hall–Kier alpha value is -1.65. The number of hydrogen-bond acceptors (Lipinski definition) is 3. The smallest absolute Gasteiger partial charge is 0.0948 e. The fourth-order valence-corrected chi connectivity index (χ4v) is 1.88. The average Bonchev–Trinajstić information content (AvgIpc) is 2.87. The van der Waals surface area contributed by atoms with E-state index in [1.165, 1.54) is 11.3 Å². The molecule has 0 aliphatic rings. The van der Waals surface area contributed by atoms with E-state index in [-0.39, 0.29) is 6.61 Å². The molecular formula is C14H19N3O. The van der Waals surface area contributed by atoms with Gasteiger partial charge in [-0.15, -0.1) is 0 Å². The van der Waals surface area contributed by atoms with Crippen LogP contribution in [0.1, 0.15) is 23.7 Å². The van der Waals surface area contributed by atoms with Crippen molar-refractivity contribution in [1.82, 2.24) is 14.9 Å². The molecule has 1 aromatic carbocycles. The van der Waals surface area contributed by atoms with E-state index in [0.717, 1.165) is 25.2 Å². The summed E-state index contributed by atoms with van der Waals surface area (Å²) in [6, 6.07) is 7.98. The lowest BCUT2D eigenvalue weighted by Gasteiger charge is -2.07. The summed E-state index contributed by atoms with van der Waals surface area (Å²) < 4.78 is 2.13. The average molecular weight is 245 g/mol. The zero-order valence-corrected chi connectivity index (χ0v) is 10.6. The van der Waals surface area contributed by atoms with Crippen LogP contribution in [0.25, 0.3) is 0 Å². The van der Waals surface area contributed by atoms with Gasteiger partial charge in [-0.2, -0.15) is 0 Å². The van der Waals surface area contributed by atoms with Gasteiger partial charge in [0.1, 0.15) is 0 Å². The highest BCUT2D eigenvalue weighted by molar-refractivity contribution is 5.21. The lowest BCUT2D eigenvalue weighted by Crippen LogP contribution is -2.15. The van der Waals surface area contributed by atoms with E-state index < -0.39 is 0 Å². The Balaban J connectivity index is 1.84. The second-order valence-electron chi connectivity index (χ2n) is 4.25. The number of imidazole rings is 1. The first-order valence-electron chi connectivity index (χ1n) is 6.22. The molecule has 4 heteroatoms. The van der Waals surface area contributed by atoms with Crippen molar-refractivity contribution < 1.29 is 5.11 Å². The molecule has 0 fully saturated rings. The van der Waals surface area contributed by atoms with E-state index in [4.69, 9.17) is 5.11 Å². The summed E-state index contributed by atoms with van der Waals surface area (Å²) in [5.41, 5.74) is 3.36. The molecule has 1 heterocycles. The molecule has 0 aliphatic carbocycles. The van der Waals surface area contributed by atoms with E-state index in [0.29, 0.717) is 0 Å². The number of hydrogen-bond donors (Lipinski definition) is 2. The quantitative estimate of drug-likeness (QED) is 0.814. The first-order chi connectivity index (χ1) is 8.83. The van der Waals surface area contributed by atoms with Gasteiger partial charge in [-0.25, -0.2) is 4.98 Å². The van der Waals surface area contributed by atoms with Crippen LogP contribution in [0.5, 0.6) is 0 Å². The van der Waals surface area contributed by atoms with Gasteiger partial charge < -0.3 is 15.0 Å². The second-order valence-corrected chi connectivity index (χ2v) is 4.25. The highest BCUT2D eigenvalue weighted by Gasteiger charge is 2.00. The van der Waals surface area contributed by atoms with Crippen LogP contribution in [0.3, 0.4) is 0 Å². The Morgan fingerprint density at radius 3 is 2.56 bits per heavy atom. The van der Waals surface area contributed by atoms with Crippen molar-refractivity contribution in [2.45, 2.75) is 33.2 Å². The maximum Gasteiger partial charge on any atom is 0.0948 e. The number of aliphatic hydroxyl groups excluding tert-OH is 1. The van der Waals surface area contributed by atoms with Crippen molar-refractivity contribution in [3.05, 3.63) is 53.6 Å². The van der Waals surface area contributed by atoms with Gasteiger partial charge in [-0.3, -0.25) is 0 Å². The third kappa shape index (κ3) is 3.18. The standard InChI is InChI=1S/C14H19N3O/c1-2-17-11-16-9-14(17)8-15-7-12-3-5-13(10-18)6-4-12/h3-6,9,11,15,18H,2,7-8,10H2,1H3. The SMILES string of the molecule is CCn1cncc1CNCc1ccc(CO)cc1. The molecule has 2 aromatic rings. The van der Waals surface area contributed by atoms with Gasteiger partial charge in [-0.1, -0.05) is 24.3 Å². The number of nitrogens with one attached hydrogen (secondary N) is 1. The zero-order chi connectivity index (χ0) is 12.8. The fourth-order valence-electron chi connectivity index (χ4n) is 1.88. The van der Waals surface area contributed by atoms with E-state index in [1.54, 1.807) is 0 Å². The van der Waals surface area contributed by atoms with Crippen molar-refractivity contribution in [2.75, 3.05) is 0 Å². The number of benzene rings is 1. The molecule has 0 atom stereocenters. The van der Waals surface area contributed by atoms with Crippen LogP contribution < -0.4 is 5.32 Å². The third-order valence-corrected chi connectivity index (χ3v) is 2.98. The Morgan fingerprint density at radius 1 is 1.17 bits per heavy atom. The highest BCUT2D eigenvalue weighted by Crippen LogP contribution is 2.05. The first-order valence-corrected chi connectivity index (χ1v) is 6.22. The highest BCUT2D eigenvalue weighted by atomic mass is 16.3. The number of aromatic nitrogens is 2. The van der Waals surface area contributed by atoms with E-state index in [1.807, 2.05) is 36.8 Å². The van der Waals surface area contributed by atoms with Crippen molar-refractivity contribution in [2.24, 2.45) is 0 Å². The molecule has 0 saturated carbocycles. The van der Waals surface area contributed by atoms with Crippen LogP contribution in [0, 0.1) is 0 Å². The molecule has 1 aromatic heterocycles. The molecule has 0 aliphatic heterocycles. The molecule has 0 unspecified atom stereocenters. The summed E-state index contributed by atoms with van der Waals surface area (Å²) in [6.45, 7) is 4.79. The number of nitrogens with zero attached hydrogens (tertiary/aromatic N) is 2. The van der Waals surface area contributed by atoms with Crippen molar-refractivity contribution in [3.8, 4) is 0 Å². The van der Waals surface area contributed by atoms with Crippen LogP contribution in [-0.4, -0.2) is 14.7 Å². The first kappa shape index (κ1) is 12.8.